The number of aliphatic hydroxyl groups is 1. The summed E-state index contributed by atoms with van der Waals surface area (Å²) in [6.45, 7) is 2.10. The molecule has 26 heavy (non-hydrogen) atoms. The standard InChI is InChI=1S/C20H31NO5/c1-2-3-4-5-6-7-8-9-10-11-12-13-15-18(21(25)26)19(22)16-14-17-20(23)24/h3-4,6-7,9-10,12-13,18-19,22H,2,5,8,11,14-17H2,1H3,(H,23,24). The van der Waals surface area contributed by atoms with Gasteiger partial charge >= 0.3 is 5.97 Å². The van der Waals surface area contributed by atoms with Gasteiger partial charge in [-0.3, -0.25) is 14.9 Å². The minimum absolute atomic E-state index is 0.0918. The fourth-order valence-corrected chi connectivity index (χ4v) is 2.25. The van der Waals surface area contributed by atoms with Gasteiger partial charge in [0.25, 0.3) is 0 Å². The second kappa shape index (κ2) is 16.3. The molecule has 0 aromatic heterocycles. The lowest BCUT2D eigenvalue weighted by atomic mass is 10.0. The van der Waals surface area contributed by atoms with Crippen LogP contribution in [0.25, 0.3) is 0 Å². The molecule has 0 aliphatic carbocycles. The minimum Gasteiger partial charge on any atom is -0.481 e. The van der Waals surface area contributed by atoms with Crippen LogP contribution in [0.1, 0.15) is 58.3 Å². The van der Waals surface area contributed by atoms with Crippen molar-refractivity contribution in [3.05, 3.63) is 58.7 Å². The summed E-state index contributed by atoms with van der Waals surface area (Å²) in [5, 5.41) is 29.5. The first-order valence-electron chi connectivity index (χ1n) is 9.12. The van der Waals surface area contributed by atoms with E-state index in [-0.39, 0.29) is 25.7 Å². The second-order valence-electron chi connectivity index (χ2n) is 5.94. The molecule has 6 nitrogen and oxygen atoms in total. The molecule has 0 spiro atoms. The molecule has 0 amide bonds. The Morgan fingerprint density at radius 3 is 1.96 bits per heavy atom. The first kappa shape index (κ1) is 23.8. The van der Waals surface area contributed by atoms with Crippen LogP contribution in [0.3, 0.4) is 0 Å². The van der Waals surface area contributed by atoms with Crippen molar-refractivity contribution in [1.82, 2.24) is 0 Å². The highest BCUT2D eigenvalue weighted by molar-refractivity contribution is 5.66. The number of allylic oxidation sites excluding steroid dienone is 7. The largest absolute Gasteiger partial charge is 0.481 e. The zero-order chi connectivity index (χ0) is 19.6. The van der Waals surface area contributed by atoms with E-state index in [1.165, 1.54) is 0 Å². The Kier molecular flexibility index (Phi) is 14.9. The van der Waals surface area contributed by atoms with Crippen molar-refractivity contribution in [2.75, 3.05) is 0 Å². The van der Waals surface area contributed by atoms with Gasteiger partial charge in [-0.2, -0.15) is 0 Å². The summed E-state index contributed by atoms with van der Waals surface area (Å²) >= 11 is 0. The van der Waals surface area contributed by atoms with Crippen molar-refractivity contribution in [3.63, 3.8) is 0 Å². The highest BCUT2D eigenvalue weighted by Gasteiger charge is 2.28. The van der Waals surface area contributed by atoms with Gasteiger partial charge in [-0.25, -0.2) is 0 Å². The molecule has 146 valence electrons. The van der Waals surface area contributed by atoms with Gasteiger partial charge in [0.2, 0.25) is 6.04 Å². The maximum atomic E-state index is 11.0. The van der Waals surface area contributed by atoms with Crippen molar-refractivity contribution in [2.24, 2.45) is 0 Å². The minimum atomic E-state index is -1.13. The van der Waals surface area contributed by atoms with E-state index in [1.807, 2.05) is 18.2 Å². The van der Waals surface area contributed by atoms with Crippen LogP contribution in [0.4, 0.5) is 0 Å². The Balaban J connectivity index is 4.05. The van der Waals surface area contributed by atoms with Crippen LogP contribution in [-0.2, 0) is 4.79 Å². The van der Waals surface area contributed by atoms with Crippen molar-refractivity contribution >= 4 is 5.97 Å². The van der Waals surface area contributed by atoms with E-state index in [1.54, 1.807) is 6.08 Å². The Bertz CT molecular complexity index is 508. The number of hydrogen-bond acceptors (Lipinski definition) is 4. The van der Waals surface area contributed by atoms with Crippen LogP contribution in [-0.4, -0.2) is 33.3 Å². The molecule has 0 aliphatic rings. The molecular weight excluding hydrogens is 334 g/mol. The summed E-state index contributed by atoms with van der Waals surface area (Å²) in [6.07, 6.45) is 18.8. The average Bonchev–Trinajstić information content (AvgIpc) is 2.58. The van der Waals surface area contributed by atoms with E-state index < -0.39 is 23.0 Å². The number of carboxylic acid groups (broad SMARTS) is 1. The zero-order valence-electron chi connectivity index (χ0n) is 15.5. The lowest BCUT2D eigenvalue weighted by Crippen LogP contribution is -2.33. The number of aliphatic carboxylic acids is 1. The van der Waals surface area contributed by atoms with Crippen molar-refractivity contribution in [1.29, 1.82) is 0 Å². The molecule has 0 bridgehead atoms. The van der Waals surface area contributed by atoms with Gasteiger partial charge < -0.3 is 10.2 Å². The molecule has 0 radical (unpaired) electrons. The van der Waals surface area contributed by atoms with E-state index in [2.05, 4.69) is 31.2 Å². The number of nitrogens with zero attached hydrogens (tertiary/aromatic N) is 1. The predicted octanol–water partition coefficient (Wildman–Crippen LogP) is 4.44. The molecule has 0 saturated heterocycles. The third kappa shape index (κ3) is 14.2. The molecular formula is C20H31NO5. The SMILES string of the molecule is CCC=CCC=CCC=CCC=CCC(C(O)CCCC(=O)O)[N+](=O)[O-]. The number of hydrogen-bond donors (Lipinski definition) is 2. The number of carboxylic acids is 1. The Morgan fingerprint density at radius 2 is 1.50 bits per heavy atom. The number of nitro groups is 1. The molecule has 2 unspecified atom stereocenters. The van der Waals surface area contributed by atoms with Crippen LogP contribution < -0.4 is 0 Å². The van der Waals surface area contributed by atoms with Gasteiger partial charge in [0, 0.05) is 17.8 Å². The van der Waals surface area contributed by atoms with Crippen LogP contribution in [0.5, 0.6) is 0 Å². The first-order valence-corrected chi connectivity index (χ1v) is 9.12. The molecule has 0 fully saturated rings. The van der Waals surface area contributed by atoms with Crippen LogP contribution in [0.2, 0.25) is 0 Å². The third-order valence-corrected chi connectivity index (χ3v) is 3.70. The Hall–Kier alpha value is -2.21. The van der Waals surface area contributed by atoms with Gasteiger partial charge in [-0.1, -0.05) is 55.5 Å². The van der Waals surface area contributed by atoms with E-state index in [9.17, 15) is 20.0 Å². The van der Waals surface area contributed by atoms with Gasteiger partial charge in [-0.05, 0) is 38.5 Å². The molecule has 6 heteroatoms. The third-order valence-electron chi connectivity index (χ3n) is 3.70. The summed E-state index contributed by atoms with van der Waals surface area (Å²) < 4.78 is 0. The maximum absolute atomic E-state index is 11.0. The van der Waals surface area contributed by atoms with Gasteiger partial charge in [0.1, 0.15) is 6.10 Å². The lowest BCUT2D eigenvalue weighted by Gasteiger charge is -2.14. The molecule has 2 N–H and O–H groups in total. The highest BCUT2D eigenvalue weighted by Crippen LogP contribution is 2.12. The van der Waals surface area contributed by atoms with E-state index >= 15 is 0 Å². The first-order chi connectivity index (χ1) is 12.5. The van der Waals surface area contributed by atoms with Crippen LogP contribution in [0, 0.1) is 10.1 Å². The summed E-state index contributed by atoms with van der Waals surface area (Å²) in [6, 6.07) is -1.09. The molecule has 0 rings (SSSR count). The van der Waals surface area contributed by atoms with E-state index in [0.29, 0.717) is 6.42 Å². The van der Waals surface area contributed by atoms with Crippen LogP contribution in [0.15, 0.2) is 48.6 Å². The Morgan fingerprint density at radius 1 is 1.00 bits per heavy atom. The van der Waals surface area contributed by atoms with E-state index in [0.717, 1.165) is 19.3 Å². The zero-order valence-corrected chi connectivity index (χ0v) is 15.5. The molecule has 0 aromatic carbocycles. The fraction of sp³-hybridized carbons (Fsp3) is 0.550. The van der Waals surface area contributed by atoms with Gasteiger partial charge in [0.05, 0.1) is 0 Å². The van der Waals surface area contributed by atoms with Crippen molar-refractivity contribution in [2.45, 2.75) is 70.4 Å². The second-order valence-corrected chi connectivity index (χ2v) is 5.94. The highest BCUT2D eigenvalue weighted by atomic mass is 16.6. The van der Waals surface area contributed by atoms with E-state index in [4.69, 9.17) is 5.11 Å². The summed E-state index contributed by atoms with van der Waals surface area (Å²) in [4.78, 5) is 21.0. The number of carbonyl (C=O) groups is 1. The fourth-order valence-electron chi connectivity index (χ4n) is 2.25. The summed E-state index contributed by atoms with van der Waals surface area (Å²) in [5.41, 5.74) is 0. The topological polar surface area (TPSA) is 101 Å². The quantitative estimate of drug-likeness (QED) is 0.254. The Labute approximate surface area is 155 Å². The van der Waals surface area contributed by atoms with Gasteiger partial charge in [0.15, 0.2) is 0 Å². The van der Waals surface area contributed by atoms with Crippen LogP contribution >= 0.6 is 0 Å². The molecule has 2 atom stereocenters. The van der Waals surface area contributed by atoms with Crippen molar-refractivity contribution < 1.29 is 19.9 Å². The predicted molar refractivity (Wildman–Crippen MR) is 104 cm³/mol. The maximum Gasteiger partial charge on any atom is 0.303 e. The average molecular weight is 365 g/mol. The van der Waals surface area contributed by atoms with Gasteiger partial charge in [-0.15, -0.1) is 0 Å². The van der Waals surface area contributed by atoms with Crippen molar-refractivity contribution in [3.8, 4) is 0 Å². The summed E-state index contributed by atoms with van der Waals surface area (Å²) in [5.74, 6) is -0.964. The molecule has 0 aliphatic heterocycles. The number of rotatable bonds is 15. The normalized spacial score (nSPS) is 14.7. The number of aliphatic hydroxyl groups excluding tert-OH is 1. The monoisotopic (exact) mass is 365 g/mol. The molecule has 0 heterocycles. The molecule has 0 aromatic rings. The summed E-state index contributed by atoms with van der Waals surface area (Å²) in [7, 11) is 0. The lowest BCUT2D eigenvalue weighted by molar-refractivity contribution is -0.533. The molecule has 0 saturated carbocycles. The smallest absolute Gasteiger partial charge is 0.303 e.